The Balaban J connectivity index is 2.77. The maximum Gasteiger partial charge on any atom is 0.432 e. The van der Waals surface area contributed by atoms with Crippen molar-refractivity contribution < 1.29 is 13.2 Å². The summed E-state index contributed by atoms with van der Waals surface area (Å²) in [4.78, 5) is 5.70. The minimum atomic E-state index is -4.33. The molecule has 7 heteroatoms. The maximum absolute atomic E-state index is 12.0. The van der Waals surface area contributed by atoms with Crippen LogP contribution in [-0.2, 0) is 6.18 Å². The summed E-state index contributed by atoms with van der Waals surface area (Å²) in [6, 6.07) is 0. The molecule has 0 bridgehead atoms. The van der Waals surface area contributed by atoms with Gasteiger partial charge in [-0.15, -0.1) is 0 Å². The van der Waals surface area contributed by atoms with Crippen molar-refractivity contribution in [2.75, 3.05) is 6.26 Å². The van der Waals surface area contributed by atoms with Gasteiger partial charge in [0, 0.05) is 0 Å². The highest BCUT2D eigenvalue weighted by atomic mass is 33.1. The third kappa shape index (κ3) is 2.34. The first-order chi connectivity index (χ1) is 5.54. The summed E-state index contributed by atoms with van der Waals surface area (Å²) in [5.41, 5.74) is -0.806. The molecule has 0 saturated heterocycles. The van der Waals surface area contributed by atoms with Gasteiger partial charge in [0.1, 0.15) is 5.69 Å². The smallest absolute Gasteiger partial charge is 0.329 e. The second-order valence-electron chi connectivity index (χ2n) is 1.85. The van der Waals surface area contributed by atoms with Crippen molar-refractivity contribution in [3.63, 3.8) is 0 Å². The first kappa shape index (κ1) is 9.79. The van der Waals surface area contributed by atoms with E-state index in [1.54, 1.807) is 6.26 Å². The fourth-order valence-electron chi connectivity index (χ4n) is 0.568. The molecule has 1 heterocycles. The molecule has 0 radical (unpaired) electrons. The molecule has 0 aliphatic heterocycles. The van der Waals surface area contributed by atoms with E-state index in [1.165, 1.54) is 10.8 Å². The summed E-state index contributed by atoms with van der Waals surface area (Å²) in [6.07, 6.45) is -1.77. The van der Waals surface area contributed by atoms with Crippen molar-refractivity contribution in [2.24, 2.45) is 0 Å². The quantitative estimate of drug-likeness (QED) is 0.767. The van der Waals surface area contributed by atoms with Gasteiger partial charge in [-0.2, -0.15) is 13.2 Å². The fraction of sp³-hybridized carbons (Fsp3) is 0.400. The SMILES string of the molecule is CSSc1ncc(C(F)(F)F)[nH]1. The molecule has 0 unspecified atom stereocenters. The second-order valence-corrected chi connectivity index (χ2v) is 4.24. The summed E-state index contributed by atoms with van der Waals surface area (Å²) in [5.74, 6) is 0. The minimum Gasteiger partial charge on any atom is -0.329 e. The standard InChI is InChI=1S/C5H5F3N2S2/c1-11-12-4-9-2-3(10-4)5(6,7)8/h2H,1H3,(H,9,10). The zero-order valence-corrected chi connectivity index (χ0v) is 7.61. The molecule has 0 atom stereocenters. The summed E-state index contributed by atoms with van der Waals surface area (Å²) in [7, 11) is 2.50. The number of aromatic amines is 1. The van der Waals surface area contributed by atoms with E-state index in [2.05, 4.69) is 9.97 Å². The first-order valence-electron chi connectivity index (χ1n) is 2.87. The van der Waals surface area contributed by atoms with Crippen LogP contribution in [0.5, 0.6) is 0 Å². The number of H-pyrrole nitrogens is 1. The number of nitrogens with one attached hydrogen (secondary N) is 1. The maximum atomic E-state index is 12.0. The van der Waals surface area contributed by atoms with Crippen LogP contribution in [0.2, 0.25) is 0 Å². The molecular formula is C5H5F3N2S2. The van der Waals surface area contributed by atoms with Crippen LogP contribution in [0.4, 0.5) is 13.2 Å². The molecule has 2 nitrogen and oxygen atoms in total. The van der Waals surface area contributed by atoms with Crippen LogP contribution >= 0.6 is 21.6 Å². The van der Waals surface area contributed by atoms with Gasteiger partial charge in [0.2, 0.25) is 0 Å². The Labute approximate surface area is 74.7 Å². The summed E-state index contributed by atoms with van der Waals surface area (Å²) in [5, 5.41) is 0.273. The molecule has 0 saturated carbocycles. The predicted molar refractivity (Wildman–Crippen MR) is 43.0 cm³/mol. The van der Waals surface area contributed by atoms with Crippen LogP contribution in [0.3, 0.4) is 0 Å². The van der Waals surface area contributed by atoms with Gasteiger partial charge in [0.15, 0.2) is 5.16 Å². The lowest BCUT2D eigenvalue weighted by Crippen LogP contribution is -2.04. The van der Waals surface area contributed by atoms with Crippen LogP contribution in [0.15, 0.2) is 11.4 Å². The van der Waals surface area contributed by atoms with Gasteiger partial charge >= 0.3 is 6.18 Å². The van der Waals surface area contributed by atoms with E-state index in [0.29, 0.717) is 0 Å². The van der Waals surface area contributed by atoms with Crippen molar-refractivity contribution in [3.8, 4) is 0 Å². The zero-order chi connectivity index (χ0) is 9.19. The topological polar surface area (TPSA) is 28.7 Å². The minimum absolute atomic E-state index is 0.273. The van der Waals surface area contributed by atoms with E-state index in [-0.39, 0.29) is 5.16 Å². The van der Waals surface area contributed by atoms with Gasteiger partial charge in [0.05, 0.1) is 6.20 Å². The summed E-state index contributed by atoms with van der Waals surface area (Å²) >= 11 is 0. The number of alkyl halides is 3. The molecule has 1 aromatic heterocycles. The van der Waals surface area contributed by atoms with Crippen LogP contribution < -0.4 is 0 Å². The van der Waals surface area contributed by atoms with Crippen molar-refractivity contribution >= 4 is 21.6 Å². The van der Waals surface area contributed by atoms with Gasteiger partial charge < -0.3 is 4.98 Å². The largest absolute Gasteiger partial charge is 0.432 e. The number of nitrogens with zero attached hydrogens (tertiary/aromatic N) is 1. The van der Waals surface area contributed by atoms with Gasteiger partial charge in [0.25, 0.3) is 0 Å². The molecule has 1 N–H and O–H groups in total. The first-order valence-corrected chi connectivity index (χ1v) is 5.42. The number of hydrogen-bond acceptors (Lipinski definition) is 3. The van der Waals surface area contributed by atoms with Crippen LogP contribution in [0.1, 0.15) is 5.69 Å². The fourth-order valence-corrected chi connectivity index (χ4v) is 1.70. The molecule has 0 aliphatic rings. The molecular weight excluding hydrogens is 209 g/mol. The molecule has 0 amide bonds. The summed E-state index contributed by atoms with van der Waals surface area (Å²) in [6.45, 7) is 0. The van der Waals surface area contributed by atoms with Crippen molar-refractivity contribution in [1.29, 1.82) is 0 Å². The average Bonchev–Trinajstić information content (AvgIpc) is 2.35. The molecule has 12 heavy (non-hydrogen) atoms. The Bertz CT molecular complexity index is 257. The second kappa shape index (κ2) is 3.61. The van der Waals surface area contributed by atoms with E-state index < -0.39 is 11.9 Å². The molecule has 1 aromatic rings. The molecule has 1 rings (SSSR count). The Morgan fingerprint density at radius 1 is 1.50 bits per heavy atom. The predicted octanol–water partition coefficient (Wildman–Crippen LogP) is 2.80. The molecule has 68 valence electrons. The van der Waals surface area contributed by atoms with Crippen LogP contribution in [0, 0.1) is 0 Å². The number of halogens is 3. The van der Waals surface area contributed by atoms with Crippen molar-refractivity contribution in [1.82, 2.24) is 9.97 Å². The highest BCUT2D eigenvalue weighted by Gasteiger charge is 2.32. The molecule has 0 fully saturated rings. The normalized spacial score (nSPS) is 12.0. The number of imidazole rings is 1. The lowest BCUT2D eigenvalue weighted by molar-refractivity contribution is -0.141. The number of hydrogen-bond donors (Lipinski definition) is 1. The van der Waals surface area contributed by atoms with E-state index in [1.807, 2.05) is 0 Å². The van der Waals surface area contributed by atoms with Crippen LogP contribution in [-0.4, -0.2) is 16.2 Å². The molecule has 0 aromatic carbocycles. The average molecular weight is 214 g/mol. The van der Waals surface area contributed by atoms with E-state index >= 15 is 0 Å². The lowest BCUT2D eigenvalue weighted by atomic mass is 10.5. The Morgan fingerprint density at radius 3 is 2.58 bits per heavy atom. The Kier molecular flexibility index (Phi) is 2.94. The Morgan fingerprint density at radius 2 is 2.17 bits per heavy atom. The summed E-state index contributed by atoms with van der Waals surface area (Å²) < 4.78 is 35.9. The van der Waals surface area contributed by atoms with Crippen molar-refractivity contribution in [2.45, 2.75) is 11.3 Å². The zero-order valence-electron chi connectivity index (χ0n) is 5.97. The molecule has 0 spiro atoms. The van der Waals surface area contributed by atoms with Gasteiger partial charge in [-0.1, -0.05) is 10.8 Å². The van der Waals surface area contributed by atoms with Gasteiger partial charge in [-0.25, -0.2) is 4.98 Å². The van der Waals surface area contributed by atoms with Gasteiger partial charge in [-0.05, 0) is 17.0 Å². The third-order valence-electron chi connectivity index (χ3n) is 1.02. The molecule has 0 aliphatic carbocycles. The van der Waals surface area contributed by atoms with E-state index in [0.717, 1.165) is 17.0 Å². The van der Waals surface area contributed by atoms with Crippen molar-refractivity contribution in [3.05, 3.63) is 11.9 Å². The highest BCUT2D eigenvalue weighted by molar-refractivity contribution is 8.76. The highest BCUT2D eigenvalue weighted by Crippen LogP contribution is 2.31. The lowest BCUT2D eigenvalue weighted by Gasteiger charge is -2.00. The number of rotatable bonds is 2. The number of aromatic nitrogens is 2. The van der Waals surface area contributed by atoms with E-state index in [9.17, 15) is 13.2 Å². The third-order valence-corrected chi connectivity index (χ3v) is 2.53. The Hall–Kier alpha value is -0.300. The monoisotopic (exact) mass is 214 g/mol. The van der Waals surface area contributed by atoms with E-state index in [4.69, 9.17) is 0 Å². The van der Waals surface area contributed by atoms with Crippen LogP contribution in [0.25, 0.3) is 0 Å². The van der Waals surface area contributed by atoms with Gasteiger partial charge in [-0.3, -0.25) is 0 Å².